The van der Waals surface area contributed by atoms with E-state index in [1.54, 1.807) is 6.92 Å². The molecule has 1 heterocycles. The second-order valence-corrected chi connectivity index (χ2v) is 6.02. The molecule has 0 aliphatic carbocycles. The van der Waals surface area contributed by atoms with Crippen molar-refractivity contribution in [2.45, 2.75) is 6.92 Å². The molecule has 1 fully saturated rings. The third-order valence-electron chi connectivity index (χ3n) is 2.99. The number of aromatic hydroxyl groups is 1. The fourth-order valence-electron chi connectivity index (χ4n) is 1.89. The number of non-ortho nitro benzene ring substituents is 1. The Hall–Kier alpha value is -2.53. The Bertz CT molecular complexity index is 776. The molecule has 0 atom stereocenters. The van der Waals surface area contributed by atoms with Crippen molar-refractivity contribution in [2.24, 2.45) is 0 Å². The molecular weight excluding hydrogens is 346 g/mol. The first-order valence-corrected chi connectivity index (χ1v) is 7.39. The zero-order chi connectivity index (χ0) is 17.3. The number of thiocarbonyl (C=S) groups is 1. The second-order valence-electron chi connectivity index (χ2n) is 4.34. The van der Waals surface area contributed by atoms with E-state index in [9.17, 15) is 30.1 Å². The highest BCUT2D eigenvalue weighted by Gasteiger charge is 2.32. The predicted octanol–water partition coefficient (Wildman–Crippen LogP) is 2.43. The van der Waals surface area contributed by atoms with Gasteiger partial charge in [0.15, 0.2) is 0 Å². The minimum atomic E-state index is -0.934. The fourth-order valence-corrected chi connectivity index (χ4v) is 3.27. The Morgan fingerprint density at radius 3 is 2.48 bits per heavy atom. The van der Waals surface area contributed by atoms with Crippen LogP contribution in [-0.4, -0.2) is 36.6 Å². The van der Waals surface area contributed by atoms with Gasteiger partial charge in [0.1, 0.15) is 4.32 Å². The van der Waals surface area contributed by atoms with Crippen LogP contribution in [-0.2, 0) is 4.79 Å². The molecule has 0 unspecified atom stereocenters. The van der Waals surface area contributed by atoms with E-state index in [1.807, 2.05) is 0 Å². The number of nitrogens with zero attached hydrogens (tertiary/aromatic N) is 3. The number of benzene rings is 1. The molecular formula is C12H9N3O6S2. The number of carbonyl (C=O) groups is 1. The van der Waals surface area contributed by atoms with E-state index in [0.29, 0.717) is 16.9 Å². The lowest BCUT2D eigenvalue weighted by Crippen LogP contribution is -2.27. The zero-order valence-corrected chi connectivity index (χ0v) is 13.2. The molecule has 0 saturated carbocycles. The fraction of sp³-hybridized carbons (Fsp3) is 0.167. The van der Waals surface area contributed by atoms with Gasteiger partial charge in [0.05, 0.1) is 20.8 Å². The van der Waals surface area contributed by atoms with Gasteiger partial charge in [0.2, 0.25) is 5.75 Å². The van der Waals surface area contributed by atoms with Crippen LogP contribution in [0.1, 0.15) is 12.5 Å². The Labute approximate surface area is 138 Å². The predicted molar refractivity (Wildman–Crippen MR) is 87.0 cm³/mol. The minimum absolute atomic E-state index is 0.127. The molecule has 1 amide bonds. The van der Waals surface area contributed by atoms with Crippen LogP contribution < -0.4 is 0 Å². The first kappa shape index (κ1) is 16.8. The van der Waals surface area contributed by atoms with Gasteiger partial charge in [0.25, 0.3) is 11.6 Å². The molecule has 0 radical (unpaired) electrons. The third-order valence-corrected chi connectivity index (χ3v) is 4.37. The average molecular weight is 355 g/mol. The standard InChI is InChI=1S/C12H9N3O6S2/c1-2-13-11(17)9(23-12(13)22)4-6-3-7(14(18)19)5-8(10(6)16)15(20)21/h3-5,16H,2H2,1H3/b9-4+. The molecule has 9 nitrogen and oxygen atoms in total. The Kier molecular flexibility index (Phi) is 4.61. The van der Waals surface area contributed by atoms with Crippen LogP contribution in [0.3, 0.4) is 0 Å². The van der Waals surface area contributed by atoms with E-state index in [-0.39, 0.29) is 10.5 Å². The summed E-state index contributed by atoms with van der Waals surface area (Å²) in [6.45, 7) is 2.08. The first-order chi connectivity index (χ1) is 10.8. The largest absolute Gasteiger partial charge is 0.502 e. The van der Waals surface area contributed by atoms with Crippen LogP contribution in [0.15, 0.2) is 17.0 Å². The lowest BCUT2D eigenvalue weighted by atomic mass is 10.1. The molecule has 1 aliphatic rings. The SMILES string of the molecule is CCN1C(=O)/C(=C\c2cc([N+](=O)[O-])cc([N+](=O)[O-])c2O)SC1=S. The van der Waals surface area contributed by atoms with Crippen molar-refractivity contribution >= 4 is 51.7 Å². The number of nitro benzene ring substituents is 2. The molecule has 23 heavy (non-hydrogen) atoms. The average Bonchev–Trinajstić information content (AvgIpc) is 2.74. The minimum Gasteiger partial charge on any atom is -0.502 e. The van der Waals surface area contributed by atoms with E-state index in [1.165, 1.54) is 4.90 Å². The summed E-state index contributed by atoms with van der Waals surface area (Å²) in [5, 5.41) is 31.7. The second kappa shape index (κ2) is 6.30. The van der Waals surface area contributed by atoms with Crippen molar-refractivity contribution in [3.05, 3.63) is 42.8 Å². The van der Waals surface area contributed by atoms with Gasteiger partial charge >= 0.3 is 5.69 Å². The van der Waals surface area contributed by atoms with Crippen molar-refractivity contribution in [2.75, 3.05) is 6.54 Å². The summed E-state index contributed by atoms with van der Waals surface area (Å²) >= 11 is 5.98. The van der Waals surface area contributed by atoms with Crippen LogP contribution in [0.4, 0.5) is 11.4 Å². The van der Waals surface area contributed by atoms with Gasteiger partial charge in [-0.25, -0.2) is 0 Å². The van der Waals surface area contributed by atoms with E-state index < -0.39 is 32.9 Å². The smallest absolute Gasteiger partial charge is 0.318 e. The highest BCUT2D eigenvalue weighted by molar-refractivity contribution is 8.26. The van der Waals surface area contributed by atoms with Crippen LogP contribution in [0.5, 0.6) is 5.75 Å². The molecule has 0 aromatic heterocycles. The Morgan fingerprint density at radius 1 is 1.35 bits per heavy atom. The maximum atomic E-state index is 12.1. The number of hydrogen-bond donors (Lipinski definition) is 1. The molecule has 1 aromatic carbocycles. The highest BCUT2D eigenvalue weighted by Crippen LogP contribution is 2.38. The number of thioether (sulfide) groups is 1. The lowest BCUT2D eigenvalue weighted by Gasteiger charge is -2.09. The van der Waals surface area contributed by atoms with Gasteiger partial charge in [-0.15, -0.1) is 0 Å². The van der Waals surface area contributed by atoms with E-state index in [0.717, 1.165) is 23.9 Å². The van der Waals surface area contributed by atoms with Gasteiger partial charge in [-0.2, -0.15) is 0 Å². The van der Waals surface area contributed by atoms with Gasteiger partial charge in [-0.3, -0.25) is 29.9 Å². The van der Waals surface area contributed by atoms with E-state index in [2.05, 4.69) is 0 Å². The third kappa shape index (κ3) is 3.14. The summed E-state index contributed by atoms with van der Waals surface area (Å²) in [5.41, 5.74) is -1.56. The molecule has 1 aliphatic heterocycles. The number of phenolic OH excluding ortho intramolecular Hbond substituents is 1. The quantitative estimate of drug-likeness (QED) is 0.377. The molecule has 1 aromatic rings. The monoisotopic (exact) mass is 355 g/mol. The number of carbonyl (C=O) groups excluding carboxylic acids is 1. The number of likely N-dealkylation sites (N-methyl/N-ethyl adjacent to an activating group) is 1. The van der Waals surface area contributed by atoms with Crippen molar-refractivity contribution in [3.8, 4) is 5.75 Å². The molecule has 11 heteroatoms. The van der Waals surface area contributed by atoms with Gasteiger partial charge in [0, 0.05) is 18.2 Å². The molecule has 1 N–H and O–H groups in total. The van der Waals surface area contributed by atoms with Crippen LogP contribution >= 0.6 is 24.0 Å². The van der Waals surface area contributed by atoms with E-state index >= 15 is 0 Å². The van der Waals surface area contributed by atoms with Crippen LogP contribution in [0.2, 0.25) is 0 Å². The van der Waals surface area contributed by atoms with Crippen molar-refractivity contribution in [3.63, 3.8) is 0 Å². The topological polar surface area (TPSA) is 127 Å². The van der Waals surface area contributed by atoms with E-state index in [4.69, 9.17) is 12.2 Å². The number of amides is 1. The van der Waals surface area contributed by atoms with Gasteiger partial charge in [-0.05, 0) is 13.0 Å². The Balaban J connectivity index is 2.58. The molecule has 2 rings (SSSR count). The van der Waals surface area contributed by atoms with Crippen LogP contribution in [0, 0.1) is 20.2 Å². The normalized spacial score (nSPS) is 16.2. The van der Waals surface area contributed by atoms with Gasteiger partial charge < -0.3 is 5.11 Å². The summed E-state index contributed by atoms with van der Waals surface area (Å²) in [6, 6.07) is 1.62. The molecule has 1 saturated heterocycles. The molecule has 0 bridgehead atoms. The number of rotatable bonds is 4. The van der Waals surface area contributed by atoms with Crippen molar-refractivity contribution in [1.29, 1.82) is 0 Å². The first-order valence-electron chi connectivity index (χ1n) is 6.17. The van der Waals surface area contributed by atoms with Crippen molar-refractivity contribution in [1.82, 2.24) is 4.90 Å². The van der Waals surface area contributed by atoms with Crippen LogP contribution in [0.25, 0.3) is 6.08 Å². The summed E-state index contributed by atoms with van der Waals surface area (Å²) < 4.78 is 0.308. The number of nitro groups is 2. The summed E-state index contributed by atoms with van der Waals surface area (Å²) in [5.74, 6) is -1.17. The summed E-state index contributed by atoms with van der Waals surface area (Å²) in [7, 11) is 0. The molecule has 120 valence electrons. The maximum absolute atomic E-state index is 12.1. The zero-order valence-electron chi connectivity index (χ0n) is 11.6. The van der Waals surface area contributed by atoms with Crippen molar-refractivity contribution < 1.29 is 19.7 Å². The number of phenols is 1. The molecule has 0 spiro atoms. The summed E-state index contributed by atoms with van der Waals surface area (Å²) in [4.78, 5) is 33.6. The highest BCUT2D eigenvalue weighted by atomic mass is 32.2. The number of hydrogen-bond acceptors (Lipinski definition) is 8. The Morgan fingerprint density at radius 2 is 2.00 bits per heavy atom. The van der Waals surface area contributed by atoms with Gasteiger partial charge in [-0.1, -0.05) is 24.0 Å². The lowest BCUT2D eigenvalue weighted by molar-refractivity contribution is -0.394. The maximum Gasteiger partial charge on any atom is 0.318 e. The summed E-state index contributed by atoms with van der Waals surface area (Å²) in [6.07, 6.45) is 1.16.